The van der Waals surface area contributed by atoms with Crippen molar-refractivity contribution in [2.75, 3.05) is 25.1 Å². The molecule has 2 rings (SSSR count). The van der Waals surface area contributed by atoms with E-state index in [9.17, 15) is 5.11 Å². The lowest BCUT2D eigenvalue weighted by Gasteiger charge is -2.34. The molecule has 1 aliphatic heterocycles. The van der Waals surface area contributed by atoms with Gasteiger partial charge >= 0.3 is 0 Å². The number of aromatic nitrogens is 2. The number of aliphatic hydroxyl groups excluding tert-OH is 1. The van der Waals surface area contributed by atoms with Crippen LogP contribution in [0.4, 0.5) is 5.69 Å². The smallest absolute Gasteiger partial charge is 0.131 e. The van der Waals surface area contributed by atoms with Crippen molar-refractivity contribution in [3.63, 3.8) is 0 Å². The zero-order valence-electron chi connectivity index (χ0n) is 12.0. The molecule has 19 heavy (non-hydrogen) atoms. The summed E-state index contributed by atoms with van der Waals surface area (Å²) in [6.07, 6.45) is 4.28. The Labute approximate surface area is 114 Å². The number of anilines is 1. The van der Waals surface area contributed by atoms with Gasteiger partial charge in [0.25, 0.3) is 0 Å². The van der Waals surface area contributed by atoms with Crippen LogP contribution in [0.5, 0.6) is 0 Å². The van der Waals surface area contributed by atoms with Crippen molar-refractivity contribution in [3.05, 3.63) is 17.7 Å². The number of ether oxygens (including phenoxy) is 1. The lowest BCUT2D eigenvalue weighted by atomic mass is 10.1. The van der Waals surface area contributed by atoms with Crippen LogP contribution in [0.3, 0.4) is 0 Å². The molecule has 0 spiro atoms. The van der Waals surface area contributed by atoms with Crippen LogP contribution >= 0.6 is 0 Å². The minimum Gasteiger partial charge on any atom is -0.390 e. The SMILES string of the molecule is COC1CCCN(c2cnc(C(C)C)nc2CO)C1. The van der Waals surface area contributed by atoms with Crippen molar-refractivity contribution in [2.24, 2.45) is 0 Å². The topological polar surface area (TPSA) is 58.5 Å². The third-order valence-corrected chi connectivity index (χ3v) is 3.58. The fourth-order valence-corrected chi connectivity index (χ4v) is 2.43. The van der Waals surface area contributed by atoms with Gasteiger partial charge in [-0.2, -0.15) is 0 Å². The first-order chi connectivity index (χ1) is 9.15. The molecule has 1 aliphatic rings. The monoisotopic (exact) mass is 265 g/mol. The van der Waals surface area contributed by atoms with Crippen molar-refractivity contribution >= 4 is 5.69 Å². The maximum absolute atomic E-state index is 9.53. The average molecular weight is 265 g/mol. The first kappa shape index (κ1) is 14.2. The minimum atomic E-state index is -0.0499. The Hall–Kier alpha value is -1.20. The lowest BCUT2D eigenvalue weighted by molar-refractivity contribution is 0.0891. The number of hydrogen-bond donors (Lipinski definition) is 1. The van der Waals surface area contributed by atoms with Crippen LogP contribution in [0, 0.1) is 0 Å². The molecule has 1 fully saturated rings. The van der Waals surface area contributed by atoms with Gasteiger partial charge in [0, 0.05) is 26.1 Å². The molecule has 106 valence electrons. The predicted octanol–water partition coefficient (Wildman–Crippen LogP) is 1.71. The van der Waals surface area contributed by atoms with E-state index in [4.69, 9.17) is 4.74 Å². The van der Waals surface area contributed by atoms with Gasteiger partial charge in [0.15, 0.2) is 0 Å². The van der Waals surface area contributed by atoms with E-state index < -0.39 is 0 Å². The Bertz CT molecular complexity index is 423. The standard InChI is InChI=1S/C14H23N3O2/c1-10(2)14-15-7-13(12(9-18)16-14)17-6-4-5-11(8-17)19-3/h7,10-11,18H,4-6,8-9H2,1-3H3. The highest BCUT2D eigenvalue weighted by molar-refractivity contribution is 5.49. The van der Waals surface area contributed by atoms with Crippen LogP contribution in [0.2, 0.25) is 0 Å². The number of methoxy groups -OCH3 is 1. The second kappa shape index (κ2) is 6.30. The second-order valence-corrected chi connectivity index (χ2v) is 5.32. The third kappa shape index (κ3) is 3.22. The molecule has 0 radical (unpaired) electrons. The second-order valence-electron chi connectivity index (χ2n) is 5.32. The zero-order valence-corrected chi connectivity index (χ0v) is 12.0. The van der Waals surface area contributed by atoms with Crippen molar-refractivity contribution in [2.45, 2.75) is 45.3 Å². The van der Waals surface area contributed by atoms with E-state index in [1.54, 1.807) is 7.11 Å². The van der Waals surface area contributed by atoms with Gasteiger partial charge in [-0.1, -0.05) is 13.8 Å². The van der Waals surface area contributed by atoms with Gasteiger partial charge in [0.05, 0.1) is 30.3 Å². The van der Waals surface area contributed by atoms with E-state index in [0.717, 1.165) is 43.1 Å². The molecule has 0 aliphatic carbocycles. The van der Waals surface area contributed by atoms with Gasteiger partial charge in [-0.15, -0.1) is 0 Å². The highest BCUT2D eigenvalue weighted by Gasteiger charge is 2.22. The Morgan fingerprint density at radius 2 is 2.32 bits per heavy atom. The van der Waals surface area contributed by atoms with Crippen LogP contribution in [0.1, 0.15) is 44.1 Å². The van der Waals surface area contributed by atoms with Gasteiger partial charge in [0.1, 0.15) is 5.82 Å². The quantitative estimate of drug-likeness (QED) is 0.898. The minimum absolute atomic E-state index is 0.0499. The number of piperidine rings is 1. The summed E-state index contributed by atoms with van der Waals surface area (Å²) in [5, 5.41) is 9.53. The molecule has 5 nitrogen and oxygen atoms in total. The number of nitrogens with zero attached hydrogens (tertiary/aromatic N) is 3. The Kier molecular flexibility index (Phi) is 4.71. The fraction of sp³-hybridized carbons (Fsp3) is 0.714. The lowest BCUT2D eigenvalue weighted by Crippen LogP contribution is -2.40. The summed E-state index contributed by atoms with van der Waals surface area (Å²) >= 11 is 0. The van der Waals surface area contributed by atoms with Crippen molar-refractivity contribution in [1.82, 2.24) is 9.97 Å². The molecule has 1 N–H and O–H groups in total. The number of aliphatic hydroxyl groups is 1. The van der Waals surface area contributed by atoms with Crippen molar-refractivity contribution in [1.29, 1.82) is 0 Å². The summed E-state index contributed by atoms with van der Waals surface area (Å²) in [4.78, 5) is 11.1. The first-order valence-electron chi connectivity index (χ1n) is 6.90. The molecule has 0 aromatic carbocycles. The predicted molar refractivity (Wildman–Crippen MR) is 74.3 cm³/mol. The zero-order chi connectivity index (χ0) is 13.8. The molecule has 1 atom stereocenters. The van der Waals surface area contributed by atoms with Gasteiger partial charge in [0.2, 0.25) is 0 Å². The largest absolute Gasteiger partial charge is 0.390 e. The molecule has 2 heterocycles. The van der Waals surface area contributed by atoms with Crippen LogP contribution in [0.25, 0.3) is 0 Å². The van der Waals surface area contributed by atoms with Crippen LogP contribution in [-0.2, 0) is 11.3 Å². The van der Waals surface area contributed by atoms with Crippen LogP contribution in [-0.4, -0.2) is 41.4 Å². The summed E-state index contributed by atoms with van der Waals surface area (Å²) in [7, 11) is 1.75. The van der Waals surface area contributed by atoms with Crippen LogP contribution < -0.4 is 4.90 Å². The first-order valence-corrected chi connectivity index (χ1v) is 6.90. The molecular formula is C14H23N3O2. The number of hydrogen-bond acceptors (Lipinski definition) is 5. The highest BCUT2D eigenvalue weighted by Crippen LogP contribution is 2.24. The summed E-state index contributed by atoms with van der Waals surface area (Å²) in [5.41, 5.74) is 1.66. The summed E-state index contributed by atoms with van der Waals surface area (Å²) in [5.74, 6) is 1.06. The molecule has 0 bridgehead atoms. The van der Waals surface area contributed by atoms with Gasteiger partial charge < -0.3 is 14.7 Å². The molecule has 1 aromatic heterocycles. The van der Waals surface area contributed by atoms with E-state index >= 15 is 0 Å². The molecular weight excluding hydrogens is 242 g/mol. The van der Waals surface area contributed by atoms with E-state index in [2.05, 4.69) is 28.7 Å². The summed E-state index contributed by atoms with van der Waals surface area (Å²) < 4.78 is 5.43. The fourth-order valence-electron chi connectivity index (χ4n) is 2.43. The summed E-state index contributed by atoms with van der Waals surface area (Å²) in [6.45, 7) is 5.87. The van der Waals surface area contributed by atoms with Crippen LogP contribution in [0.15, 0.2) is 6.20 Å². The third-order valence-electron chi connectivity index (χ3n) is 3.58. The van der Waals surface area contributed by atoms with E-state index in [1.165, 1.54) is 0 Å². The normalized spacial score (nSPS) is 20.1. The van der Waals surface area contributed by atoms with Crippen molar-refractivity contribution in [3.8, 4) is 0 Å². The molecule has 0 saturated carbocycles. The molecule has 0 amide bonds. The number of rotatable bonds is 4. The van der Waals surface area contributed by atoms with E-state index in [0.29, 0.717) is 0 Å². The molecule has 1 aromatic rings. The van der Waals surface area contributed by atoms with Crippen molar-refractivity contribution < 1.29 is 9.84 Å². The molecule has 1 unspecified atom stereocenters. The van der Waals surface area contributed by atoms with Gasteiger partial charge in [-0.25, -0.2) is 9.97 Å². The maximum Gasteiger partial charge on any atom is 0.131 e. The average Bonchev–Trinajstić information content (AvgIpc) is 2.46. The van der Waals surface area contributed by atoms with Gasteiger partial charge in [-0.3, -0.25) is 0 Å². The van der Waals surface area contributed by atoms with E-state index in [1.807, 2.05) is 6.20 Å². The van der Waals surface area contributed by atoms with E-state index in [-0.39, 0.29) is 18.6 Å². The molecule has 1 saturated heterocycles. The molecule has 5 heteroatoms. The Morgan fingerprint density at radius 1 is 1.53 bits per heavy atom. The maximum atomic E-state index is 9.53. The summed E-state index contributed by atoms with van der Waals surface area (Å²) in [6, 6.07) is 0. The highest BCUT2D eigenvalue weighted by atomic mass is 16.5. The Morgan fingerprint density at radius 3 is 2.95 bits per heavy atom. The van der Waals surface area contributed by atoms with Gasteiger partial charge in [-0.05, 0) is 12.8 Å². The Balaban J connectivity index is 2.23.